The maximum absolute atomic E-state index is 13.7. The number of hydrogen-bond acceptors (Lipinski definition) is 5. The molecule has 3 rings (SSSR count). The van der Waals surface area contributed by atoms with Crippen molar-refractivity contribution >= 4 is 35.0 Å². The molecular weight excluding hydrogens is 515 g/mol. The van der Waals surface area contributed by atoms with Gasteiger partial charge in [-0.2, -0.15) is 0 Å². The van der Waals surface area contributed by atoms with Gasteiger partial charge in [0.25, 0.3) is 5.91 Å². The molecule has 9 heteroatoms. The summed E-state index contributed by atoms with van der Waals surface area (Å²) in [4.78, 5) is 28.4. The highest BCUT2D eigenvalue weighted by molar-refractivity contribution is 6.36. The van der Waals surface area contributed by atoms with E-state index in [4.69, 9.17) is 37.4 Å². The lowest BCUT2D eigenvalue weighted by molar-refractivity contribution is -0.142. The summed E-state index contributed by atoms with van der Waals surface area (Å²) in [6.07, 6.45) is 0.299. The average molecular weight is 545 g/mol. The summed E-state index contributed by atoms with van der Waals surface area (Å²) < 4.78 is 16.4. The molecule has 196 valence electrons. The van der Waals surface area contributed by atoms with E-state index in [1.807, 2.05) is 37.3 Å². The van der Waals surface area contributed by atoms with Crippen molar-refractivity contribution in [3.63, 3.8) is 0 Å². The number of nitrogens with one attached hydrogen (secondary N) is 1. The van der Waals surface area contributed by atoms with Crippen LogP contribution in [0.4, 0.5) is 0 Å². The van der Waals surface area contributed by atoms with Crippen LogP contribution in [-0.4, -0.2) is 50.1 Å². The van der Waals surface area contributed by atoms with Crippen LogP contribution >= 0.6 is 23.2 Å². The molecule has 0 saturated carbocycles. The van der Waals surface area contributed by atoms with Gasteiger partial charge in [-0.1, -0.05) is 59.6 Å². The fourth-order valence-corrected chi connectivity index (χ4v) is 4.31. The molecule has 0 bridgehead atoms. The van der Waals surface area contributed by atoms with Crippen molar-refractivity contribution in [3.05, 3.63) is 87.9 Å². The highest BCUT2D eigenvalue weighted by atomic mass is 35.5. The van der Waals surface area contributed by atoms with Crippen molar-refractivity contribution < 1.29 is 23.8 Å². The molecule has 1 N–H and O–H groups in total. The van der Waals surface area contributed by atoms with Gasteiger partial charge in [0.15, 0.2) is 6.61 Å². The van der Waals surface area contributed by atoms with Crippen molar-refractivity contribution in [2.75, 3.05) is 27.4 Å². The third kappa shape index (κ3) is 7.78. The Kier molecular flexibility index (Phi) is 10.5. The molecule has 0 heterocycles. The third-order valence-corrected chi connectivity index (χ3v) is 6.41. The molecule has 0 aliphatic heterocycles. The molecule has 37 heavy (non-hydrogen) atoms. The van der Waals surface area contributed by atoms with E-state index in [0.717, 1.165) is 5.56 Å². The van der Waals surface area contributed by atoms with E-state index >= 15 is 0 Å². The van der Waals surface area contributed by atoms with E-state index in [1.54, 1.807) is 36.4 Å². The van der Waals surface area contributed by atoms with E-state index in [1.165, 1.54) is 19.1 Å². The summed E-state index contributed by atoms with van der Waals surface area (Å²) in [6.45, 7) is 1.94. The number of carbonyl (C=O) groups is 2. The lowest BCUT2D eigenvalue weighted by atomic mass is 10.0. The largest absolute Gasteiger partial charge is 0.496 e. The Labute approximate surface area is 227 Å². The van der Waals surface area contributed by atoms with E-state index in [-0.39, 0.29) is 19.1 Å². The first-order valence-electron chi connectivity index (χ1n) is 11.8. The van der Waals surface area contributed by atoms with Gasteiger partial charge in [-0.3, -0.25) is 9.59 Å². The van der Waals surface area contributed by atoms with Crippen LogP contribution in [0.5, 0.6) is 17.2 Å². The molecule has 1 unspecified atom stereocenters. The second-order valence-electron chi connectivity index (χ2n) is 8.16. The molecule has 0 aliphatic rings. The predicted octanol–water partition coefficient (Wildman–Crippen LogP) is 5.17. The Balaban J connectivity index is 1.95. The summed E-state index contributed by atoms with van der Waals surface area (Å²) in [5.41, 5.74) is 1.45. The van der Waals surface area contributed by atoms with Crippen molar-refractivity contribution in [3.8, 4) is 17.2 Å². The Morgan fingerprint density at radius 2 is 1.49 bits per heavy atom. The lowest BCUT2D eigenvalue weighted by Crippen LogP contribution is -2.51. The van der Waals surface area contributed by atoms with E-state index in [2.05, 4.69) is 5.32 Å². The Morgan fingerprint density at radius 3 is 2.05 bits per heavy atom. The maximum Gasteiger partial charge on any atom is 0.261 e. The number of amides is 2. The summed E-state index contributed by atoms with van der Waals surface area (Å²) in [7, 11) is 3.05. The van der Waals surface area contributed by atoms with Gasteiger partial charge in [-0.05, 0) is 24.6 Å². The molecular formula is C28H30Cl2N2O5. The first-order valence-corrected chi connectivity index (χ1v) is 12.5. The van der Waals surface area contributed by atoms with Gasteiger partial charge in [0, 0.05) is 53.3 Å². The van der Waals surface area contributed by atoms with Crippen molar-refractivity contribution in [1.29, 1.82) is 0 Å². The number of carbonyl (C=O) groups excluding carboxylic acids is 2. The van der Waals surface area contributed by atoms with Gasteiger partial charge < -0.3 is 24.4 Å². The smallest absolute Gasteiger partial charge is 0.261 e. The summed E-state index contributed by atoms with van der Waals surface area (Å²) in [6, 6.07) is 18.8. The van der Waals surface area contributed by atoms with Crippen molar-refractivity contribution in [2.45, 2.75) is 25.9 Å². The number of rotatable bonds is 12. The zero-order valence-electron chi connectivity index (χ0n) is 21.0. The standard InChI is InChI=1S/C28H30Cl2N2O5/c1-4-31-28(34)26(13-19-9-6-5-7-10-19)32(17-23-24(29)11-8-12-25(23)30)27(33)18-37-22-15-20(35-2)14-21(16-22)36-3/h5-12,14-16,26H,4,13,17-18H2,1-3H3,(H,31,34). The number of hydrogen-bond donors (Lipinski definition) is 1. The highest BCUT2D eigenvalue weighted by Crippen LogP contribution is 2.29. The molecule has 2 amide bonds. The minimum absolute atomic E-state index is 0.0246. The average Bonchev–Trinajstić information content (AvgIpc) is 2.91. The molecule has 0 aliphatic carbocycles. The number of benzene rings is 3. The van der Waals surface area contributed by atoms with Gasteiger partial charge in [0.2, 0.25) is 5.91 Å². The molecule has 1 atom stereocenters. The lowest BCUT2D eigenvalue weighted by Gasteiger charge is -2.32. The summed E-state index contributed by atoms with van der Waals surface area (Å²) in [5, 5.41) is 3.65. The number of ether oxygens (including phenoxy) is 3. The number of halogens is 2. The summed E-state index contributed by atoms with van der Waals surface area (Å²) >= 11 is 12.9. The van der Waals surface area contributed by atoms with Gasteiger partial charge >= 0.3 is 0 Å². The van der Waals surface area contributed by atoms with E-state index < -0.39 is 11.9 Å². The SMILES string of the molecule is CCNC(=O)C(Cc1ccccc1)N(Cc1c(Cl)cccc1Cl)C(=O)COc1cc(OC)cc(OC)c1. The van der Waals surface area contributed by atoms with Crippen LogP contribution in [0.25, 0.3) is 0 Å². The maximum atomic E-state index is 13.7. The van der Waals surface area contributed by atoms with Gasteiger partial charge in [-0.25, -0.2) is 0 Å². The van der Waals surface area contributed by atoms with Crippen LogP contribution in [0.15, 0.2) is 66.7 Å². The van der Waals surface area contributed by atoms with Crippen molar-refractivity contribution in [1.82, 2.24) is 10.2 Å². The second kappa shape index (κ2) is 13.8. The van der Waals surface area contributed by atoms with Crippen molar-refractivity contribution in [2.24, 2.45) is 0 Å². The fourth-order valence-electron chi connectivity index (χ4n) is 3.79. The molecule has 0 spiro atoms. The molecule has 7 nitrogen and oxygen atoms in total. The molecule has 0 aromatic heterocycles. The number of methoxy groups -OCH3 is 2. The minimum Gasteiger partial charge on any atom is -0.496 e. The molecule has 0 fully saturated rings. The topological polar surface area (TPSA) is 77.1 Å². The van der Waals surface area contributed by atoms with Crippen LogP contribution in [0.1, 0.15) is 18.1 Å². The van der Waals surface area contributed by atoms with Crippen LogP contribution < -0.4 is 19.5 Å². The minimum atomic E-state index is -0.828. The molecule has 3 aromatic rings. The molecule has 0 saturated heterocycles. The van der Waals surface area contributed by atoms with Gasteiger partial charge in [0.05, 0.1) is 14.2 Å². The third-order valence-electron chi connectivity index (χ3n) is 5.70. The monoisotopic (exact) mass is 544 g/mol. The first-order chi connectivity index (χ1) is 17.9. The normalized spacial score (nSPS) is 11.4. The second-order valence-corrected chi connectivity index (χ2v) is 8.97. The fraction of sp³-hybridized carbons (Fsp3) is 0.286. The Morgan fingerprint density at radius 1 is 0.892 bits per heavy atom. The van der Waals surface area contributed by atoms with Crippen LogP contribution in [-0.2, 0) is 22.6 Å². The summed E-state index contributed by atoms with van der Waals surface area (Å²) in [5.74, 6) is 0.727. The molecule has 3 aromatic carbocycles. The van der Waals surface area contributed by atoms with Gasteiger partial charge in [0.1, 0.15) is 23.3 Å². The quantitative estimate of drug-likeness (QED) is 0.340. The van der Waals surface area contributed by atoms with Gasteiger partial charge in [-0.15, -0.1) is 0 Å². The highest BCUT2D eigenvalue weighted by Gasteiger charge is 2.31. The number of likely N-dealkylation sites (N-methyl/N-ethyl adjacent to an activating group) is 1. The Bertz CT molecular complexity index is 1160. The van der Waals surface area contributed by atoms with E-state index in [0.29, 0.717) is 45.8 Å². The zero-order chi connectivity index (χ0) is 26.8. The number of nitrogens with zero attached hydrogens (tertiary/aromatic N) is 1. The molecule has 0 radical (unpaired) electrons. The van der Waals surface area contributed by atoms with Crippen LogP contribution in [0, 0.1) is 0 Å². The van der Waals surface area contributed by atoms with Crippen LogP contribution in [0.2, 0.25) is 10.0 Å². The predicted molar refractivity (Wildman–Crippen MR) is 145 cm³/mol. The van der Waals surface area contributed by atoms with Crippen LogP contribution in [0.3, 0.4) is 0 Å². The zero-order valence-corrected chi connectivity index (χ0v) is 22.5. The first kappa shape index (κ1) is 28.2. The van der Waals surface area contributed by atoms with E-state index in [9.17, 15) is 9.59 Å². The Hall–Kier alpha value is -3.42.